The molecular weight excluding hydrogens is 474 g/mol. The van der Waals surface area contributed by atoms with Crippen LogP contribution in [0.3, 0.4) is 0 Å². The molecule has 33 heavy (non-hydrogen) atoms. The maximum absolute atomic E-state index is 13.6. The number of nitrogens with zero attached hydrogens (tertiary/aromatic N) is 1. The van der Waals surface area contributed by atoms with Crippen molar-refractivity contribution in [3.8, 4) is 5.69 Å². The van der Waals surface area contributed by atoms with Crippen LogP contribution in [-0.4, -0.2) is 23.6 Å². The highest BCUT2D eigenvalue weighted by Gasteiger charge is 2.32. The Hall–Kier alpha value is -2.41. The largest absolute Gasteiger partial charge is 0.466 e. The van der Waals surface area contributed by atoms with Crippen molar-refractivity contribution >= 4 is 46.5 Å². The number of thioether (sulfide) groups is 1. The highest BCUT2D eigenvalue weighted by molar-refractivity contribution is 8.02. The zero-order valence-electron chi connectivity index (χ0n) is 18.3. The van der Waals surface area contributed by atoms with Crippen LogP contribution in [0.1, 0.15) is 47.0 Å². The highest BCUT2D eigenvalue weighted by Crippen LogP contribution is 2.42. The first-order valence-electron chi connectivity index (χ1n) is 11.0. The van der Waals surface area contributed by atoms with E-state index in [1.54, 1.807) is 43.0 Å². The Morgan fingerprint density at radius 3 is 2.61 bits per heavy atom. The number of carbonyl (C=O) groups excluding carboxylic acids is 2. The van der Waals surface area contributed by atoms with Crippen LogP contribution in [-0.2, 0) is 16.0 Å². The average molecular weight is 499 g/mol. The van der Waals surface area contributed by atoms with Crippen molar-refractivity contribution in [2.75, 3.05) is 6.61 Å². The van der Waals surface area contributed by atoms with Gasteiger partial charge in [0, 0.05) is 28.0 Å². The molecular formula is C26H25ClNO3S2+. The fourth-order valence-corrected chi connectivity index (χ4v) is 6.82. The normalized spacial score (nSPS) is 15.4. The van der Waals surface area contributed by atoms with E-state index in [1.807, 2.05) is 35.2 Å². The van der Waals surface area contributed by atoms with Gasteiger partial charge >= 0.3 is 5.97 Å². The van der Waals surface area contributed by atoms with Crippen LogP contribution in [0.25, 0.3) is 5.69 Å². The molecule has 1 aromatic carbocycles. The van der Waals surface area contributed by atoms with E-state index in [9.17, 15) is 9.59 Å². The summed E-state index contributed by atoms with van der Waals surface area (Å²) in [7, 11) is 0. The molecule has 2 aromatic heterocycles. The number of pyridine rings is 1. The summed E-state index contributed by atoms with van der Waals surface area (Å²) in [4.78, 5) is 26.7. The van der Waals surface area contributed by atoms with Crippen LogP contribution in [0, 0.1) is 0 Å². The first kappa shape index (κ1) is 23.7. The van der Waals surface area contributed by atoms with E-state index >= 15 is 0 Å². The maximum Gasteiger partial charge on any atom is 0.310 e. The van der Waals surface area contributed by atoms with Crippen LogP contribution in [0.15, 0.2) is 71.2 Å². The minimum Gasteiger partial charge on any atom is -0.466 e. The number of hydrogen-bond donors (Lipinski definition) is 0. The number of allylic oxidation sites excluding steroid dienone is 1. The fourth-order valence-electron chi connectivity index (χ4n) is 3.78. The van der Waals surface area contributed by atoms with Crippen LogP contribution in [0.2, 0.25) is 5.02 Å². The van der Waals surface area contributed by atoms with E-state index in [0.717, 1.165) is 29.2 Å². The summed E-state index contributed by atoms with van der Waals surface area (Å²) in [5.74, 6) is -0.452. The number of benzene rings is 1. The lowest BCUT2D eigenvalue weighted by Crippen LogP contribution is -2.31. The van der Waals surface area contributed by atoms with Crippen LogP contribution < -0.4 is 4.57 Å². The van der Waals surface area contributed by atoms with E-state index in [1.165, 1.54) is 11.3 Å². The molecule has 1 atom stereocenters. The molecule has 0 saturated carbocycles. The maximum atomic E-state index is 13.6. The second-order valence-corrected chi connectivity index (χ2v) is 10.6. The van der Waals surface area contributed by atoms with Crippen molar-refractivity contribution in [1.29, 1.82) is 0 Å². The summed E-state index contributed by atoms with van der Waals surface area (Å²) >= 11 is 9.25. The molecule has 7 heteroatoms. The van der Waals surface area contributed by atoms with Gasteiger partial charge in [0.25, 0.3) is 0 Å². The minimum absolute atomic E-state index is 0.0390. The monoisotopic (exact) mass is 498 g/mol. The second kappa shape index (κ2) is 11.1. The molecule has 0 spiro atoms. The van der Waals surface area contributed by atoms with E-state index in [4.69, 9.17) is 16.3 Å². The van der Waals surface area contributed by atoms with Gasteiger partial charge in [0.15, 0.2) is 12.4 Å². The molecule has 1 aliphatic rings. The summed E-state index contributed by atoms with van der Waals surface area (Å²) in [5.41, 5.74) is 2.14. The van der Waals surface area contributed by atoms with E-state index in [0.29, 0.717) is 32.9 Å². The summed E-state index contributed by atoms with van der Waals surface area (Å²) in [5, 5.41) is 0.916. The molecule has 4 nitrogen and oxygen atoms in total. The predicted octanol–water partition coefficient (Wildman–Crippen LogP) is 6.22. The molecule has 0 radical (unpaired) electrons. The minimum atomic E-state index is -0.340. The smallest absolute Gasteiger partial charge is 0.310 e. The molecule has 0 aliphatic heterocycles. The van der Waals surface area contributed by atoms with Crippen molar-refractivity contribution in [1.82, 2.24) is 0 Å². The van der Waals surface area contributed by atoms with Crippen LogP contribution in [0.5, 0.6) is 0 Å². The Balaban J connectivity index is 1.85. The van der Waals surface area contributed by atoms with Gasteiger partial charge in [-0.1, -0.05) is 29.8 Å². The van der Waals surface area contributed by atoms with Gasteiger partial charge in [0.1, 0.15) is 4.21 Å². The third-order valence-electron chi connectivity index (χ3n) is 5.33. The lowest BCUT2D eigenvalue weighted by atomic mass is 10.0. The Bertz CT molecular complexity index is 1160. The van der Waals surface area contributed by atoms with Crippen molar-refractivity contribution in [3.63, 3.8) is 0 Å². The SMILES string of the molecule is CCOC(=O)Cc1c(C(=O)c2ccc(Cl)cc2)sc(SC2C=CCCC2)c1-[n+]1ccccc1. The molecule has 0 N–H and O–H groups in total. The van der Waals surface area contributed by atoms with Gasteiger partial charge in [0.2, 0.25) is 11.5 Å². The molecule has 0 amide bonds. The zero-order chi connectivity index (χ0) is 23.2. The quantitative estimate of drug-likeness (QED) is 0.160. The van der Waals surface area contributed by atoms with Gasteiger partial charge in [-0.3, -0.25) is 9.59 Å². The molecule has 0 bridgehead atoms. The number of rotatable bonds is 8. The van der Waals surface area contributed by atoms with Gasteiger partial charge in [-0.25, -0.2) is 0 Å². The molecule has 3 aromatic rings. The van der Waals surface area contributed by atoms with Crippen molar-refractivity contribution < 1.29 is 18.9 Å². The van der Waals surface area contributed by atoms with Crippen molar-refractivity contribution in [2.45, 2.75) is 42.1 Å². The number of carbonyl (C=O) groups is 2. The molecule has 1 aliphatic carbocycles. The van der Waals surface area contributed by atoms with Crippen molar-refractivity contribution in [2.24, 2.45) is 0 Å². The fraction of sp³-hybridized carbons (Fsp3) is 0.269. The van der Waals surface area contributed by atoms with E-state index < -0.39 is 0 Å². The summed E-state index contributed by atoms with van der Waals surface area (Å²) in [6.45, 7) is 2.08. The Labute approximate surface area is 207 Å². The Morgan fingerprint density at radius 1 is 1.18 bits per heavy atom. The van der Waals surface area contributed by atoms with E-state index in [-0.39, 0.29) is 18.2 Å². The van der Waals surface area contributed by atoms with Crippen LogP contribution in [0.4, 0.5) is 0 Å². The highest BCUT2D eigenvalue weighted by atomic mass is 35.5. The number of aromatic nitrogens is 1. The number of esters is 1. The lowest BCUT2D eigenvalue weighted by Gasteiger charge is -2.14. The first-order valence-corrected chi connectivity index (χ1v) is 13.1. The number of hydrogen-bond acceptors (Lipinski definition) is 5. The topological polar surface area (TPSA) is 47.3 Å². The third-order valence-corrected chi connectivity index (χ3v) is 8.24. The summed E-state index contributed by atoms with van der Waals surface area (Å²) in [6.07, 6.45) is 11.8. The van der Waals surface area contributed by atoms with Gasteiger partial charge in [0.05, 0.1) is 23.5 Å². The number of ether oxygens (including phenoxy) is 1. The van der Waals surface area contributed by atoms with Gasteiger partial charge < -0.3 is 4.74 Å². The molecule has 1 unspecified atom stereocenters. The summed E-state index contributed by atoms with van der Waals surface area (Å²) in [6, 6.07) is 12.7. The molecule has 2 heterocycles. The molecule has 0 fully saturated rings. The lowest BCUT2D eigenvalue weighted by molar-refractivity contribution is -0.598. The van der Waals surface area contributed by atoms with Crippen LogP contribution >= 0.6 is 34.7 Å². The van der Waals surface area contributed by atoms with Gasteiger partial charge in [-0.05, 0) is 50.5 Å². The number of ketones is 1. The van der Waals surface area contributed by atoms with Gasteiger partial charge in [-0.2, -0.15) is 4.57 Å². The second-order valence-electron chi connectivity index (χ2n) is 7.66. The van der Waals surface area contributed by atoms with Gasteiger partial charge in [-0.15, -0.1) is 23.1 Å². The number of thiophene rings is 1. The van der Waals surface area contributed by atoms with Crippen molar-refractivity contribution in [3.05, 3.63) is 88.0 Å². The first-order chi connectivity index (χ1) is 16.1. The average Bonchev–Trinajstić information content (AvgIpc) is 3.17. The Morgan fingerprint density at radius 2 is 1.94 bits per heavy atom. The number of halogens is 1. The zero-order valence-corrected chi connectivity index (χ0v) is 20.7. The third kappa shape index (κ3) is 5.75. The predicted molar refractivity (Wildman–Crippen MR) is 134 cm³/mol. The summed E-state index contributed by atoms with van der Waals surface area (Å²) < 4.78 is 8.29. The standard InChI is InChI=1S/C26H25ClNO3S2/c1-2-31-22(29)17-21-23(28-15-7-4-8-16-28)26(32-20-9-5-3-6-10-20)33-25(21)24(30)18-11-13-19(27)14-12-18/h4-5,7-9,11-16,20H,2-3,6,10,17H2,1H3/q+1. The van der Waals surface area contributed by atoms with E-state index in [2.05, 4.69) is 12.2 Å². The molecule has 4 rings (SSSR count). The molecule has 170 valence electrons. The Kier molecular flexibility index (Phi) is 8.02. The molecule has 0 saturated heterocycles.